The van der Waals surface area contributed by atoms with Crippen molar-refractivity contribution < 1.29 is 27.9 Å². The smallest absolute Gasteiger partial charge is 0.410 e. The van der Waals surface area contributed by atoms with E-state index in [4.69, 9.17) is 4.74 Å². The molecule has 8 nitrogen and oxygen atoms in total. The van der Waals surface area contributed by atoms with Gasteiger partial charge in [0.05, 0.1) is 17.4 Å². The van der Waals surface area contributed by atoms with Gasteiger partial charge in [-0.1, -0.05) is 42.5 Å². The Morgan fingerprint density at radius 1 is 1.11 bits per heavy atom. The molecule has 1 saturated heterocycles. The van der Waals surface area contributed by atoms with Crippen LogP contribution in [-0.2, 0) is 26.0 Å². The molecule has 1 amide bonds. The predicted molar refractivity (Wildman–Crippen MR) is 135 cm³/mol. The van der Waals surface area contributed by atoms with E-state index in [9.17, 15) is 23.1 Å². The van der Waals surface area contributed by atoms with Crippen LogP contribution in [0, 0.1) is 5.92 Å². The Labute approximate surface area is 207 Å². The summed E-state index contributed by atoms with van der Waals surface area (Å²) in [5.74, 6) is -2.17. The molecular weight excluding hydrogens is 468 g/mol. The summed E-state index contributed by atoms with van der Waals surface area (Å²) in [6.07, 6.45) is 0.194. The van der Waals surface area contributed by atoms with Gasteiger partial charge in [-0.2, -0.15) is 0 Å². The Hall–Kier alpha value is -3.07. The van der Waals surface area contributed by atoms with Crippen molar-refractivity contribution in [3.63, 3.8) is 0 Å². The lowest BCUT2D eigenvalue weighted by Crippen LogP contribution is -2.46. The molecule has 0 saturated carbocycles. The van der Waals surface area contributed by atoms with Gasteiger partial charge in [0, 0.05) is 26.1 Å². The van der Waals surface area contributed by atoms with E-state index in [1.165, 1.54) is 16.3 Å². The van der Waals surface area contributed by atoms with Crippen LogP contribution in [0.2, 0.25) is 0 Å². The highest BCUT2D eigenvalue weighted by Gasteiger charge is 2.38. The molecule has 0 radical (unpaired) electrons. The lowest BCUT2D eigenvalue weighted by atomic mass is 9.80. The molecule has 0 aliphatic carbocycles. The highest BCUT2D eigenvalue weighted by Crippen LogP contribution is 2.35. The molecule has 1 aliphatic heterocycles. The number of anilines is 1. The van der Waals surface area contributed by atoms with Crippen molar-refractivity contribution in [3.05, 3.63) is 65.7 Å². The summed E-state index contributed by atoms with van der Waals surface area (Å²) in [6.45, 7) is 5.81. The van der Waals surface area contributed by atoms with E-state index in [0.717, 1.165) is 5.56 Å². The van der Waals surface area contributed by atoms with E-state index >= 15 is 0 Å². The molecule has 0 spiro atoms. The summed E-state index contributed by atoms with van der Waals surface area (Å²) in [5.41, 5.74) is 1.40. The van der Waals surface area contributed by atoms with Crippen molar-refractivity contribution >= 4 is 27.8 Å². The number of carboxylic acids is 1. The fourth-order valence-corrected chi connectivity index (χ4v) is 5.42. The quantitative estimate of drug-likeness (QED) is 0.611. The number of nitrogens with zero attached hydrogens (tertiary/aromatic N) is 2. The molecule has 1 heterocycles. The van der Waals surface area contributed by atoms with Crippen LogP contribution in [-0.4, -0.2) is 62.0 Å². The van der Waals surface area contributed by atoms with Gasteiger partial charge in [-0.15, -0.1) is 0 Å². The van der Waals surface area contributed by atoms with E-state index in [1.54, 1.807) is 45.0 Å². The number of carboxylic acid groups (broad SMARTS) is 1. The number of amides is 1. The van der Waals surface area contributed by atoms with E-state index in [0.29, 0.717) is 17.7 Å². The third-order valence-electron chi connectivity index (χ3n) is 6.15. The standard InChI is InChI=1S/C26H34N2O6S/c1-26(2,3)34-25(31)28-15-13-22(24(29)30)23(18-28)20-11-8-12-21(17-20)27(4)35(32,33)16-14-19-9-6-5-7-10-19/h5-12,17,22-23H,13-16,18H2,1-4H3,(H,29,30)/t22-,23+/m1/s1. The van der Waals surface area contributed by atoms with Crippen LogP contribution in [0.25, 0.3) is 0 Å². The van der Waals surface area contributed by atoms with Crippen molar-refractivity contribution in [3.8, 4) is 0 Å². The molecule has 1 aliphatic rings. The van der Waals surface area contributed by atoms with Crippen LogP contribution < -0.4 is 4.31 Å². The van der Waals surface area contributed by atoms with Crippen LogP contribution in [0.1, 0.15) is 44.2 Å². The van der Waals surface area contributed by atoms with Gasteiger partial charge in [0.15, 0.2) is 0 Å². The Bertz CT molecular complexity index is 1140. The molecule has 0 aromatic heterocycles. The molecule has 0 unspecified atom stereocenters. The lowest BCUT2D eigenvalue weighted by Gasteiger charge is -2.37. The number of sulfonamides is 1. The second-order valence-corrected chi connectivity index (χ2v) is 12.0. The predicted octanol–water partition coefficient (Wildman–Crippen LogP) is 4.12. The largest absolute Gasteiger partial charge is 0.481 e. The monoisotopic (exact) mass is 502 g/mol. The number of carbonyl (C=O) groups excluding carboxylic acids is 1. The maximum atomic E-state index is 13.0. The summed E-state index contributed by atoms with van der Waals surface area (Å²) >= 11 is 0. The molecule has 35 heavy (non-hydrogen) atoms. The second kappa shape index (κ2) is 10.7. The van der Waals surface area contributed by atoms with Gasteiger partial charge >= 0.3 is 12.1 Å². The number of aryl methyl sites for hydroxylation is 1. The average molecular weight is 503 g/mol. The minimum absolute atomic E-state index is 0.0503. The summed E-state index contributed by atoms with van der Waals surface area (Å²) in [5, 5.41) is 9.83. The van der Waals surface area contributed by atoms with Gasteiger partial charge < -0.3 is 14.7 Å². The number of aliphatic carboxylic acids is 1. The van der Waals surface area contributed by atoms with Gasteiger partial charge in [0.1, 0.15) is 5.60 Å². The fraction of sp³-hybridized carbons (Fsp3) is 0.462. The maximum absolute atomic E-state index is 13.0. The number of benzene rings is 2. The molecule has 2 aromatic carbocycles. The summed E-state index contributed by atoms with van der Waals surface area (Å²) in [4.78, 5) is 26.2. The zero-order valence-corrected chi connectivity index (χ0v) is 21.5. The molecule has 190 valence electrons. The summed E-state index contributed by atoms with van der Waals surface area (Å²) < 4.78 is 32.7. The van der Waals surface area contributed by atoms with Gasteiger partial charge in [0.25, 0.3) is 0 Å². The van der Waals surface area contributed by atoms with E-state index < -0.39 is 39.5 Å². The molecule has 9 heteroatoms. The first-order valence-electron chi connectivity index (χ1n) is 11.7. The highest BCUT2D eigenvalue weighted by molar-refractivity contribution is 7.92. The number of piperidine rings is 1. The lowest BCUT2D eigenvalue weighted by molar-refractivity contribution is -0.144. The number of likely N-dealkylation sites (tertiary alicyclic amines) is 1. The number of carbonyl (C=O) groups is 2. The van der Waals surface area contributed by atoms with Crippen molar-refractivity contribution in [1.82, 2.24) is 4.90 Å². The van der Waals surface area contributed by atoms with Gasteiger partial charge in [0.2, 0.25) is 10.0 Å². The van der Waals surface area contributed by atoms with Crippen LogP contribution in [0.3, 0.4) is 0 Å². The van der Waals surface area contributed by atoms with Crippen LogP contribution in [0.5, 0.6) is 0 Å². The van der Waals surface area contributed by atoms with Crippen molar-refractivity contribution in [1.29, 1.82) is 0 Å². The van der Waals surface area contributed by atoms with E-state index in [-0.39, 0.29) is 25.3 Å². The molecule has 1 fully saturated rings. The van der Waals surface area contributed by atoms with Gasteiger partial charge in [-0.25, -0.2) is 13.2 Å². The Morgan fingerprint density at radius 2 is 1.80 bits per heavy atom. The van der Waals surface area contributed by atoms with Crippen LogP contribution in [0.4, 0.5) is 10.5 Å². The van der Waals surface area contributed by atoms with Crippen LogP contribution in [0.15, 0.2) is 54.6 Å². The Morgan fingerprint density at radius 3 is 2.43 bits per heavy atom. The number of rotatable bonds is 7. The third kappa shape index (κ3) is 6.97. The second-order valence-electron chi connectivity index (χ2n) is 9.88. The Kier molecular flexibility index (Phi) is 8.10. The summed E-state index contributed by atoms with van der Waals surface area (Å²) in [7, 11) is -2.10. The van der Waals surface area contributed by atoms with Gasteiger partial charge in [-0.05, 0) is 56.9 Å². The number of ether oxygens (including phenoxy) is 1. The van der Waals surface area contributed by atoms with E-state index in [1.807, 2.05) is 30.3 Å². The molecule has 2 aromatic rings. The van der Waals surface area contributed by atoms with Crippen molar-refractivity contribution in [2.75, 3.05) is 30.2 Å². The Balaban J connectivity index is 1.81. The van der Waals surface area contributed by atoms with Crippen LogP contribution >= 0.6 is 0 Å². The number of hydrogen-bond acceptors (Lipinski definition) is 5. The normalized spacial score (nSPS) is 18.7. The topological polar surface area (TPSA) is 104 Å². The fourth-order valence-electron chi connectivity index (χ4n) is 4.22. The molecular formula is C26H34N2O6S. The summed E-state index contributed by atoms with van der Waals surface area (Å²) in [6, 6.07) is 16.3. The minimum atomic E-state index is -3.60. The first-order valence-corrected chi connectivity index (χ1v) is 13.3. The zero-order valence-electron chi connectivity index (χ0n) is 20.7. The zero-order chi connectivity index (χ0) is 25.8. The number of hydrogen-bond donors (Lipinski definition) is 1. The van der Waals surface area contributed by atoms with Gasteiger partial charge in [-0.3, -0.25) is 9.10 Å². The van der Waals surface area contributed by atoms with E-state index in [2.05, 4.69) is 0 Å². The third-order valence-corrected chi connectivity index (χ3v) is 7.92. The maximum Gasteiger partial charge on any atom is 0.410 e. The highest BCUT2D eigenvalue weighted by atomic mass is 32.2. The minimum Gasteiger partial charge on any atom is -0.481 e. The molecule has 1 N–H and O–H groups in total. The SMILES string of the molecule is CN(c1cccc([C@@H]2CN(C(=O)OC(C)(C)C)CC[C@H]2C(=O)O)c1)S(=O)(=O)CCc1ccccc1. The molecule has 0 bridgehead atoms. The first-order chi connectivity index (χ1) is 16.4. The van der Waals surface area contributed by atoms with Crippen molar-refractivity contribution in [2.45, 2.75) is 45.1 Å². The van der Waals surface area contributed by atoms with Crippen molar-refractivity contribution in [2.24, 2.45) is 5.92 Å². The molecule has 2 atom stereocenters. The first kappa shape index (κ1) is 26.5. The molecule has 3 rings (SSSR count). The average Bonchev–Trinajstić information content (AvgIpc) is 2.81.